The highest BCUT2D eigenvalue weighted by molar-refractivity contribution is 5.87. The fourth-order valence-corrected chi connectivity index (χ4v) is 3.00. The summed E-state index contributed by atoms with van der Waals surface area (Å²) in [6.07, 6.45) is 0. The third-order valence-electron chi connectivity index (χ3n) is 5.11. The van der Waals surface area contributed by atoms with Crippen molar-refractivity contribution < 1.29 is 9.59 Å². The molecule has 0 saturated carbocycles. The van der Waals surface area contributed by atoms with Crippen molar-refractivity contribution in [3.05, 3.63) is 30.3 Å². The number of benzene rings is 1. The number of likely N-dealkylation sites (N-methyl/N-ethyl adjacent to an activating group) is 1. The number of hydrogen-bond donors (Lipinski definition) is 2. The van der Waals surface area contributed by atoms with Crippen molar-refractivity contribution in [2.75, 3.05) is 57.8 Å². The van der Waals surface area contributed by atoms with Crippen LogP contribution in [-0.4, -0.2) is 80.5 Å². The number of carbonyl (C=O) groups is 2. The van der Waals surface area contributed by atoms with Crippen LogP contribution in [0.1, 0.15) is 13.8 Å². The number of nitrogens with zero attached hydrogens (tertiary/aromatic N) is 3. The highest BCUT2D eigenvalue weighted by atomic mass is 35.5. The first kappa shape index (κ1) is 30.9. The molecule has 0 unspecified atom stereocenters. The largest absolute Gasteiger partial charge is 0.369 e. The molecule has 2 rings (SSSR count). The molecular formula is C20H36Cl3N5O2. The van der Waals surface area contributed by atoms with Crippen LogP contribution in [0.15, 0.2) is 30.3 Å². The van der Waals surface area contributed by atoms with E-state index in [1.54, 1.807) is 11.9 Å². The number of nitrogens with one attached hydrogen (secondary N) is 1. The van der Waals surface area contributed by atoms with Crippen LogP contribution in [0, 0.1) is 5.92 Å². The van der Waals surface area contributed by atoms with E-state index in [0.717, 1.165) is 32.7 Å². The maximum Gasteiger partial charge on any atom is 0.241 e. The Labute approximate surface area is 198 Å². The fourth-order valence-electron chi connectivity index (χ4n) is 3.00. The molecule has 1 fully saturated rings. The summed E-state index contributed by atoms with van der Waals surface area (Å²) in [5.74, 6) is -0.321. The van der Waals surface area contributed by atoms with E-state index in [0.29, 0.717) is 6.54 Å². The summed E-state index contributed by atoms with van der Waals surface area (Å²) in [5, 5.41) is 2.63. The van der Waals surface area contributed by atoms with Gasteiger partial charge in [0.25, 0.3) is 0 Å². The lowest BCUT2D eigenvalue weighted by Crippen LogP contribution is -2.50. The van der Waals surface area contributed by atoms with Gasteiger partial charge in [0.1, 0.15) is 0 Å². The second-order valence-electron chi connectivity index (χ2n) is 7.47. The Morgan fingerprint density at radius 2 is 1.63 bits per heavy atom. The van der Waals surface area contributed by atoms with Crippen LogP contribution in [0.2, 0.25) is 0 Å². The number of carbonyl (C=O) groups excluding carboxylic acids is 2. The van der Waals surface area contributed by atoms with Gasteiger partial charge in [-0.1, -0.05) is 32.0 Å². The van der Waals surface area contributed by atoms with Crippen LogP contribution in [0.5, 0.6) is 0 Å². The SMILES string of the molecule is CC(C)[C@H](N)C(=O)NCC(=O)N(C)CCN1CCN(c2ccccc2)CC1.Cl.Cl.Cl. The lowest BCUT2D eigenvalue weighted by atomic mass is 10.1. The van der Waals surface area contributed by atoms with Crippen molar-refractivity contribution in [2.24, 2.45) is 11.7 Å². The molecule has 1 aromatic rings. The Morgan fingerprint density at radius 3 is 2.17 bits per heavy atom. The maximum absolute atomic E-state index is 12.2. The van der Waals surface area contributed by atoms with Crippen LogP contribution in [0.3, 0.4) is 0 Å². The lowest BCUT2D eigenvalue weighted by molar-refractivity contribution is -0.132. The molecule has 3 N–H and O–H groups in total. The third-order valence-corrected chi connectivity index (χ3v) is 5.11. The lowest BCUT2D eigenvalue weighted by Gasteiger charge is -2.36. The first-order chi connectivity index (χ1) is 12.9. The Balaban J connectivity index is 0. The first-order valence-corrected chi connectivity index (χ1v) is 9.68. The van der Waals surface area contributed by atoms with Gasteiger partial charge in [0.05, 0.1) is 12.6 Å². The minimum Gasteiger partial charge on any atom is -0.369 e. The summed E-state index contributed by atoms with van der Waals surface area (Å²) >= 11 is 0. The summed E-state index contributed by atoms with van der Waals surface area (Å²) in [6, 6.07) is 9.86. The van der Waals surface area contributed by atoms with Crippen LogP contribution >= 0.6 is 37.2 Å². The summed E-state index contributed by atoms with van der Waals surface area (Å²) in [6.45, 7) is 9.20. The van der Waals surface area contributed by atoms with Crippen molar-refractivity contribution in [3.8, 4) is 0 Å². The van der Waals surface area contributed by atoms with E-state index in [4.69, 9.17) is 5.73 Å². The van der Waals surface area contributed by atoms with Gasteiger partial charge < -0.3 is 20.9 Å². The van der Waals surface area contributed by atoms with Crippen molar-refractivity contribution >= 4 is 54.7 Å². The quantitative estimate of drug-likeness (QED) is 0.586. The molecule has 0 spiro atoms. The van der Waals surface area contributed by atoms with Gasteiger partial charge in [0, 0.05) is 52.0 Å². The van der Waals surface area contributed by atoms with Crippen molar-refractivity contribution in [1.29, 1.82) is 0 Å². The highest BCUT2D eigenvalue weighted by Gasteiger charge is 2.20. The molecule has 30 heavy (non-hydrogen) atoms. The second-order valence-corrected chi connectivity index (χ2v) is 7.47. The van der Waals surface area contributed by atoms with Crippen molar-refractivity contribution in [3.63, 3.8) is 0 Å². The number of nitrogens with two attached hydrogens (primary N) is 1. The predicted molar refractivity (Wildman–Crippen MR) is 130 cm³/mol. The van der Waals surface area contributed by atoms with E-state index in [1.165, 1.54) is 5.69 Å². The molecule has 0 radical (unpaired) electrons. The number of halogens is 3. The number of hydrogen-bond acceptors (Lipinski definition) is 5. The molecule has 1 aliphatic rings. The molecular weight excluding hydrogens is 449 g/mol. The minimum atomic E-state index is -0.580. The van der Waals surface area contributed by atoms with E-state index in [1.807, 2.05) is 19.9 Å². The van der Waals surface area contributed by atoms with Gasteiger partial charge in [-0.3, -0.25) is 14.5 Å². The molecule has 7 nitrogen and oxygen atoms in total. The molecule has 0 aromatic heterocycles. The molecule has 1 saturated heterocycles. The van der Waals surface area contributed by atoms with Crippen LogP contribution < -0.4 is 16.0 Å². The zero-order valence-corrected chi connectivity index (χ0v) is 20.4. The number of piperazine rings is 1. The molecule has 0 bridgehead atoms. The zero-order valence-electron chi connectivity index (χ0n) is 18.0. The summed E-state index contributed by atoms with van der Waals surface area (Å²) in [5.41, 5.74) is 7.05. The predicted octanol–water partition coefficient (Wildman–Crippen LogP) is 1.63. The topological polar surface area (TPSA) is 81.9 Å². The third kappa shape index (κ3) is 9.71. The molecule has 2 amide bonds. The van der Waals surface area contributed by atoms with Crippen molar-refractivity contribution in [2.45, 2.75) is 19.9 Å². The van der Waals surface area contributed by atoms with Gasteiger partial charge in [-0.05, 0) is 18.1 Å². The Morgan fingerprint density at radius 1 is 1.07 bits per heavy atom. The van der Waals surface area contributed by atoms with Crippen molar-refractivity contribution in [1.82, 2.24) is 15.1 Å². The van der Waals surface area contributed by atoms with Gasteiger partial charge in [0.2, 0.25) is 11.8 Å². The molecule has 0 aliphatic carbocycles. The summed E-state index contributed by atoms with van der Waals surface area (Å²) in [7, 11) is 1.77. The van der Waals surface area contributed by atoms with Gasteiger partial charge >= 0.3 is 0 Å². The van der Waals surface area contributed by atoms with E-state index in [2.05, 4.69) is 39.4 Å². The van der Waals surface area contributed by atoms with Crippen LogP contribution in [-0.2, 0) is 9.59 Å². The monoisotopic (exact) mass is 483 g/mol. The van der Waals surface area contributed by atoms with Gasteiger partial charge in [-0.25, -0.2) is 0 Å². The second kappa shape index (κ2) is 15.5. The molecule has 1 aromatic carbocycles. The minimum absolute atomic E-state index is 0. The number of para-hydroxylation sites is 1. The van der Waals surface area contributed by atoms with Crippen LogP contribution in [0.25, 0.3) is 0 Å². The van der Waals surface area contributed by atoms with Gasteiger partial charge in [-0.15, -0.1) is 37.2 Å². The van der Waals surface area contributed by atoms with Crippen LogP contribution in [0.4, 0.5) is 5.69 Å². The highest BCUT2D eigenvalue weighted by Crippen LogP contribution is 2.15. The number of anilines is 1. The average molecular weight is 485 g/mol. The van der Waals surface area contributed by atoms with Gasteiger partial charge in [-0.2, -0.15) is 0 Å². The molecule has 1 aliphatic heterocycles. The smallest absolute Gasteiger partial charge is 0.241 e. The Hall–Kier alpha value is -1.25. The summed E-state index contributed by atoms with van der Waals surface area (Å²) < 4.78 is 0. The van der Waals surface area contributed by atoms with Gasteiger partial charge in [0.15, 0.2) is 0 Å². The summed E-state index contributed by atoms with van der Waals surface area (Å²) in [4.78, 5) is 30.5. The number of rotatable bonds is 8. The zero-order chi connectivity index (χ0) is 19.8. The average Bonchev–Trinajstić information content (AvgIpc) is 2.70. The standard InChI is InChI=1S/C20H33N5O2.3ClH/c1-16(2)19(21)20(27)22-15-18(26)23(3)9-10-24-11-13-25(14-12-24)17-7-5-4-6-8-17;;;/h4-8,16,19H,9-15,21H2,1-3H3,(H,22,27);3*1H/t19-;;;/m0.../s1. The normalized spacial score (nSPS) is 14.6. The first-order valence-electron chi connectivity index (χ1n) is 9.68. The molecule has 10 heteroatoms. The maximum atomic E-state index is 12.2. The Kier molecular flexibility index (Phi) is 16.0. The number of amides is 2. The van der Waals surface area contributed by atoms with E-state index in [9.17, 15) is 9.59 Å². The Bertz CT molecular complexity index is 614. The molecule has 1 atom stereocenters. The van der Waals surface area contributed by atoms with E-state index in [-0.39, 0.29) is 61.5 Å². The molecule has 174 valence electrons. The molecule has 1 heterocycles. The van der Waals surface area contributed by atoms with E-state index >= 15 is 0 Å². The fraction of sp³-hybridized carbons (Fsp3) is 0.600. The van der Waals surface area contributed by atoms with E-state index < -0.39 is 6.04 Å².